The normalized spacial score (nSPS) is 11.9. The number of benzene rings is 2. The maximum atomic E-state index is 13.1. The van der Waals surface area contributed by atoms with Gasteiger partial charge in [-0.15, -0.1) is 21.5 Å². The molecule has 0 aliphatic heterocycles. The molecule has 0 aliphatic rings. The molecule has 5 aromatic rings. The number of rotatable bonds is 4. The average Bonchev–Trinajstić information content (AvgIpc) is 3.44. The maximum Gasteiger partial charge on any atom is 0.274 e. The topological polar surface area (TPSA) is 80.5 Å². The van der Waals surface area contributed by atoms with Gasteiger partial charge in [0.1, 0.15) is 4.21 Å². The Morgan fingerprint density at radius 2 is 1.69 bits per heavy atom. The van der Waals surface area contributed by atoms with E-state index in [9.17, 15) is 8.42 Å². The lowest BCUT2D eigenvalue weighted by atomic mass is 10.2. The van der Waals surface area contributed by atoms with E-state index in [0.29, 0.717) is 17.0 Å². The number of hydrogen-bond donors (Lipinski definition) is 0. The number of nitrogens with zero attached hydrogens (tertiary/aromatic N) is 5. The average molecular weight is 422 g/mol. The van der Waals surface area contributed by atoms with Crippen molar-refractivity contribution >= 4 is 43.9 Å². The standard InChI is InChI=1S/C20H15N5O2S2/c1-24(29(26,27)17-12-7-13-28-17)19-20-23-22-18(14-8-3-2-4-9-14)25(20)16-11-6-5-10-15(16)21-19/h2-13H,1H3. The molecule has 0 bridgehead atoms. The fourth-order valence-corrected chi connectivity index (χ4v) is 5.52. The monoisotopic (exact) mass is 421 g/mol. The first-order valence-electron chi connectivity index (χ1n) is 8.79. The van der Waals surface area contributed by atoms with Crippen LogP contribution >= 0.6 is 11.3 Å². The van der Waals surface area contributed by atoms with Crippen LogP contribution in [0.25, 0.3) is 28.1 Å². The molecule has 7 nitrogen and oxygen atoms in total. The van der Waals surface area contributed by atoms with Gasteiger partial charge in [-0.05, 0) is 23.6 Å². The number of aromatic nitrogens is 4. The van der Waals surface area contributed by atoms with Crippen LogP contribution < -0.4 is 4.31 Å². The van der Waals surface area contributed by atoms with Gasteiger partial charge in [0, 0.05) is 12.6 Å². The van der Waals surface area contributed by atoms with Crippen molar-refractivity contribution in [2.45, 2.75) is 4.21 Å². The zero-order chi connectivity index (χ0) is 20.0. The molecule has 9 heteroatoms. The van der Waals surface area contributed by atoms with E-state index in [1.807, 2.05) is 59.0 Å². The zero-order valence-electron chi connectivity index (χ0n) is 15.3. The minimum atomic E-state index is -3.76. The molecule has 0 radical (unpaired) electrons. The molecule has 0 amide bonds. The summed E-state index contributed by atoms with van der Waals surface area (Å²) in [4.78, 5) is 4.61. The number of thiophene rings is 1. The van der Waals surface area contributed by atoms with Crippen LogP contribution in [-0.2, 0) is 10.0 Å². The molecule has 5 rings (SSSR count). The molecule has 3 aromatic heterocycles. The van der Waals surface area contributed by atoms with Crippen LogP contribution in [0.5, 0.6) is 0 Å². The molecule has 0 saturated heterocycles. The van der Waals surface area contributed by atoms with Gasteiger partial charge in [-0.3, -0.25) is 4.40 Å². The third-order valence-electron chi connectivity index (χ3n) is 4.65. The summed E-state index contributed by atoms with van der Waals surface area (Å²) in [7, 11) is -2.27. The zero-order valence-corrected chi connectivity index (χ0v) is 16.9. The highest BCUT2D eigenvalue weighted by Crippen LogP contribution is 2.31. The molecule has 0 aliphatic carbocycles. The van der Waals surface area contributed by atoms with Gasteiger partial charge in [-0.25, -0.2) is 17.7 Å². The fourth-order valence-electron chi connectivity index (χ4n) is 3.21. The molecular weight excluding hydrogens is 406 g/mol. The minimum Gasteiger partial charge on any atom is -0.270 e. The summed E-state index contributed by atoms with van der Waals surface area (Å²) < 4.78 is 29.4. The van der Waals surface area contributed by atoms with Crippen LogP contribution in [-0.4, -0.2) is 35.0 Å². The van der Waals surface area contributed by atoms with Crippen LogP contribution in [0.4, 0.5) is 5.82 Å². The van der Waals surface area contributed by atoms with E-state index >= 15 is 0 Å². The highest BCUT2D eigenvalue weighted by molar-refractivity contribution is 7.94. The molecule has 144 valence electrons. The van der Waals surface area contributed by atoms with Gasteiger partial charge in [0.2, 0.25) is 5.65 Å². The van der Waals surface area contributed by atoms with Crippen molar-refractivity contribution in [1.29, 1.82) is 0 Å². The van der Waals surface area contributed by atoms with Crippen LogP contribution in [0, 0.1) is 0 Å². The second-order valence-corrected chi connectivity index (χ2v) is 9.52. The molecule has 29 heavy (non-hydrogen) atoms. The third kappa shape index (κ3) is 2.78. The molecule has 0 spiro atoms. The lowest BCUT2D eigenvalue weighted by molar-refractivity contribution is 0.596. The van der Waals surface area contributed by atoms with Crippen molar-refractivity contribution in [1.82, 2.24) is 19.6 Å². The van der Waals surface area contributed by atoms with Crippen molar-refractivity contribution in [2.75, 3.05) is 11.4 Å². The Morgan fingerprint density at radius 1 is 0.931 bits per heavy atom. The number of fused-ring (bicyclic) bond motifs is 3. The minimum absolute atomic E-state index is 0.229. The van der Waals surface area contributed by atoms with E-state index in [1.165, 1.54) is 11.4 Å². The van der Waals surface area contributed by atoms with E-state index in [0.717, 1.165) is 22.4 Å². The molecule has 3 heterocycles. The first-order chi connectivity index (χ1) is 14.1. The van der Waals surface area contributed by atoms with Gasteiger partial charge in [0.05, 0.1) is 11.0 Å². The summed E-state index contributed by atoms with van der Waals surface area (Å²) >= 11 is 1.16. The lowest BCUT2D eigenvalue weighted by Crippen LogP contribution is -2.27. The number of sulfonamides is 1. The summed E-state index contributed by atoms with van der Waals surface area (Å²) in [6, 6.07) is 20.5. The number of hydrogen-bond acceptors (Lipinski definition) is 6. The van der Waals surface area contributed by atoms with Gasteiger partial charge in [-0.1, -0.05) is 48.5 Å². The second kappa shape index (κ2) is 6.64. The Balaban J connectivity index is 1.82. The molecule has 2 aromatic carbocycles. The molecule has 0 N–H and O–H groups in total. The smallest absolute Gasteiger partial charge is 0.270 e. The van der Waals surface area contributed by atoms with Crippen molar-refractivity contribution in [3.05, 3.63) is 72.1 Å². The molecule has 0 fully saturated rings. The van der Waals surface area contributed by atoms with Gasteiger partial charge in [0.25, 0.3) is 10.0 Å². The molecule has 0 atom stereocenters. The van der Waals surface area contributed by atoms with E-state index < -0.39 is 10.0 Å². The molecule has 0 unspecified atom stereocenters. The highest BCUT2D eigenvalue weighted by atomic mass is 32.2. The Hall–Kier alpha value is -3.30. The first kappa shape index (κ1) is 17.8. The summed E-state index contributed by atoms with van der Waals surface area (Å²) in [6.45, 7) is 0. The lowest BCUT2D eigenvalue weighted by Gasteiger charge is -2.18. The summed E-state index contributed by atoms with van der Waals surface area (Å²) in [5.41, 5.74) is 2.72. The van der Waals surface area contributed by atoms with Gasteiger partial charge < -0.3 is 0 Å². The highest BCUT2D eigenvalue weighted by Gasteiger charge is 2.27. The molecular formula is C20H15N5O2S2. The summed E-state index contributed by atoms with van der Waals surface area (Å²) in [5, 5.41) is 10.4. The third-order valence-corrected chi connectivity index (χ3v) is 7.77. The Labute approximate surface area is 170 Å². The van der Waals surface area contributed by atoms with Crippen LogP contribution in [0.15, 0.2) is 76.3 Å². The Kier molecular flexibility index (Phi) is 4.07. The van der Waals surface area contributed by atoms with Gasteiger partial charge >= 0.3 is 0 Å². The second-order valence-electron chi connectivity index (χ2n) is 6.38. The summed E-state index contributed by atoms with van der Waals surface area (Å²) in [6.07, 6.45) is 0. The summed E-state index contributed by atoms with van der Waals surface area (Å²) in [5.74, 6) is 0.856. The number of para-hydroxylation sites is 2. The molecule has 0 saturated carbocycles. The predicted molar refractivity (Wildman–Crippen MR) is 114 cm³/mol. The largest absolute Gasteiger partial charge is 0.274 e. The van der Waals surface area contributed by atoms with Crippen molar-refractivity contribution in [3.8, 4) is 11.4 Å². The van der Waals surface area contributed by atoms with E-state index in [-0.39, 0.29) is 10.0 Å². The maximum absolute atomic E-state index is 13.1. The quantitative estimate of drug-likeness (QED) is 0.441. The van der Waals surface area contributed by atoms with Crippen LogP contribution in [0.1, 0.15) is 0 Å². The van der Waals surface area contributed by atoms with E-state index in [4.69, 9.17) is 0 Å². The fraction of sp³-hybridized carbons (Fsp3) is 0.0500. The van der Waals surface area contributed by atoms with E-state index in [1.54, 1.807) is 17.5 Å². The SMILES string of the molecule is CN(c1nc2ccccc2n2c(-c3ccccc3)nnc12)S(=O)(=O)c1cccs1. The predicted octanol–water partition coefficient (Wildman–Crippen LogP) is 3.83. The van der Waals surface area contributed by atoms with Crippen LogP contribution in [0.2, 0.25) is 0 Å². The first-order valence-corrected chi connectivity index (χ1v) is 11.1. The van der Waals surface area contributed by atoms with Crippen LogP contribution in [0.3, 0.4) is 0 Å². The van der Waals surface area contributed by atoms with E-state index in [2.05, 4.69) is 15.2 Å². The van der Waals surface area contributed by atoms with Crippen molar-refractivity contribution in [2.24, 2.45) is 0 Å². The van der Waals surface area contributed by atoms with Crippen molar-refractivity contribution < 1.29 is 8.42 Å². The Bertz CT molecular complexity index is 1430. The number of anilines is 1. The van der Waals surface area contributed by atoms with Gasteiger partial charge in [0.15, 0.2) is 11.6 Å². The van der Waals surface area contributed by atoms with Gasteiger partial charge in [-0.2, -0.15) is 0 Å². The Morgan fingerprint density at radius 3 is 2.45 bits per heavy atom. The van der Waals surface area contributed by atoms with Crippen molar-refractivity contribution in [3.63, 3.8) is 0 Å².